The van der Waals surface area contributed by atoms with Crippen molar-refractivity contribution >= 4 is 0 Å². The number of hydrogen-bond acceptors (Lipinski definition) is 2. The average molecular weight is 255 g/mol. The van der Waals surface area contributed by atoms with Gasteiger partial charge in [-0.05, 0) is 50.8 Å². The number of ether oxygens (including phenoxy) is 1. The fourth-order valence-corrected chi connectivity index (χ4v) is 2.10. The van der Waals surface area contributed by atoms with Gasteiger partial charge in [0.05, 0.1) is 6.61 Å². The van der Waals surface area contributed by atoms with Crippen LogP contribution in [0.2, 0.25) is 0 Å². The van der Waals surface area contributed by atoms with Crippen LogP contribution in [0.5, 0.6) is 5.88 Å². The normalized spacial score (nSPS) is 10.5. The molecule has 2 nitrogen and oxygen atoms in total. The van der Waals surface area contributed by atoms with Crippen molar-refractivity contribution in [3.8, 4) is 5.88 Å². The highest BCUT2D eigenvalue weighted by Gasteiger charge is 2.05. The van der Waals surface area contributed by atoms with Crippen LogP contribution in [0, 0.1) is 20.8 Å². The van der Waals surface area contributed by atoms with Gasteiger partial charge in [0.25, 0.3) is 0 Å². The van der Waals surface area contributed by atoms with Gasteiger partial charge in [0.2, 0.25) is 5.88 Å². The molecule has 0 fully saturated rings. The second-order valence-corrected chi connectivity index (χ2v) is 4.95. The van der Waals surface area contributed by atoms with Crippen LogP contribution in [0.25, 0.3) is 0 Å². The van der Waals surface area contributed by atoms with Crippen molar-refractivity contribution in [2.45, 2.75) is 33.6 Å². The molecule has 1 heterocycles. The van der Waals surface area contributed by atoms with E-state index in [1.807, 2.05) is 13.0 Å². The highest BCUT2D eigenvalue weighted by molar-refractivity contribution is 5.34. The fourth-order valence-electron chi connectivity index (χ4n) is 2.10. The zero-order valence-corrected chi connectivity index (χ0v) is 11.9. The number of benzene rings is 1. The van der Waals surface area contributed by atoms with Crippen LogP contribution in [0.1, 0.15) is 28.8 Å². The molecule has 0 saturated heterocycles. The topological polar surface area (TPSA) is 22.1 Å². The highest BCUT2D eigenvalue weighted by atomic mass is 16.5. The van der Waals surface area contributed by atoms with Crippen molar-refractivity contribution < 1.29 is 4.74 Å². The standard InChI is InChI=1S/C17H21NO/c1-13-12-14(2)18-17(15(13)3)19-11-7-10-16-8-5-4-6-9-16/h4-6,8-9,12H,7,10-11H2,1-3H3. The molecule has 1 aromatic carbocycles. The molecule has 19 heavy (non-hydrogen) atoms. The molecular weight excluding hydrogens is 234 g/mol. The van der Waals surface area contributed by atoms with Crippen LogP contribution < -0.4 is 4.74 Å². The third kappa shape index (κ3) is 3.82. The molecule has 0 atom stereocenters. The Balaban J connectivity index is 1.86. The van der Waals surface area contributed by atoms with Gasteiger partial charge in [-0.25, -0.2) is 4.98 Å². The first-order chi connectivity index (χ1) is 9.16. The molecule has 2 rings (SSSR count). The predicted octanol–water partition coefficient (Wildman–Crippen LogP) is 4.02. The molecule has 2 heteroatoms. The lowest BCUT2D eigenvalue weighted by molar-refractivity contribution is 0.296. The molecule has 0 unspecified atom stereocenters. The molecule has 0 saturated carbocycles. The smallest absolute Gasteiger partial charge is 0.216 e. The Morgan fingerprint density at radius 2 is 1.79 bits per heavy atom. The Kier molecular flexibility index (Phi) is 4.56. The van der Waals surface area contributed by atoms with Gasteiger partial charge in [-0.3, -0.25) is 0 Å². The highest BCUT2D eigenvalue weighted by Crippen LogP contribution is 2.19. The van der Waals surface area contributed by atoms with Crippen molar-refractivity contribution in [2.75, 3.05) is 6.61 Å². The molecule has 0 aliphatic rings. The summed E-state index contributed by atoms with van der Waals surface area (Å²) in [4.78, 5) is 4.46. The third-order valence-electron chi connectivity index (χ3n) is 3.31. The number of aryl methyl sites for hydroxylation is 3. The molecule has 0 aliphatic heterocycles. The van der Waals surface area contributed by atoms with Crippen molar-refractivity contribution in [2.24, 2.45) is 0 Å². The molecule has 0 radical (unpaired) electrons. The van der Waals surface area contributed by atoms with Crippen LogP contribution in [-0.4, -0.2) is 11.6 Å². The van der Waals surface area contributed by atoms with Gasteiger partial charge in [0.1, 0.15) is 0 Å². The molecule has 100 valence electrons. The van der Waals surface area contributed by atoms with E-state index in [-0.39, 0.29) is 0 Å². The second kappa shape index (κ2) is 6.37. The van der Waals surface area contributed by atoms with Gasteiger partial charge in [0.15, 0.2) is 0 Å². The fraction of sp³-hybridized carbons (Fsp3) is 0.353. The first-order valence-electron chi connectivity index (χ1n) is 6.78. The van der Waals surface area contributed by atoms with Crippen molar-refractivity contribution in [1.29, 1.82) is 0 Å². The first-order valence-corrected chi connectivity index (χ1v) is 6.78. The van der Waals surface area contributed by atoms with Gasteiger partial charge in [-0.1, -0.05) is 30.3 Å². The maximum Gasteiger partial charge on any atom is 0.216 e. The van der Waals surface area contributed by atoms with Gasteiger partial charge < -0.3 is 4.74 Å². The minimum atomic E-state index is 0.714. The summed E-state index contributed by atoms with van der Waals surface area (Å²) < 4.78 is 5.81. The number of hydrogen-bond donors (Lipinski definition) is 0. The van der Waals surface area contributed by atoms with Gasteiger partial charge in [-0.15, -0.1) is 0 Å². The number of pyridine rings is 1. The summed E-state index contributed by atoms with van der Waals surface area (Å²) >= 11 is 0. The molecule has 0 aliphatic carbocycles. The zero-order valence-electron chi connectivity index (χ0n) is 11.9. The van der Waals surface area contributed by atoms with E-state index in [1.165, 1.54) is 11.1 Å². The van der Waals surface area contributed by atoms with Gasteiger partial charge >= 0.3 is 0 Å². The molecule has 1 aromatic heterocycles. The monoisotopic (exact) mass is 255 g/mol. The Hall–Kier alpha value is -1.83. The number of aromatic nitrogens is 1. The molecular formula is C17H21NO. The van der Waals surface area contributed by atoms with Crippen molar-refractivity contribution in [3.63, 3.8) is 0 Å². The number of rotatable bonds is 5. The van der Waals surface area contributed by atoms with E-state index in [0.717, 1.165) is 30.0 Å². The lowest BCUT2D eigenvalue weighted by Gasteiger charge is -2.11. The first kappa shape index (κ1) is 13.6. The quantitative estimate of drug-likeness (QED) is 0.753. The summed E-state index contributed by atoms with van der Waals surface area (Å²) in [5, 5.41) is 0. The largest absolute Gasteiger partial charge is 0.477 e. The van der Waals surface area contributed by atoms with Crippen LogP contribution >= 0.6 is 0 Å². The van der Waals surface area contributed by atoms with Crippen LogP contribution in [0.3, 0.4) is 0 Å². The SMILES string of the molecule is Cc1cc(C)c(C)c(OCCCc2ccccc2)n1. The molecule has 2 aromatic rings. The van der Waals surface area contributed by atoms with E-state index in [0.29, 0.717) is 6.61 Å². The zero-order chi connectivity index (χ0) is 13.7. The number of nitrogens with zero attached hydrogens (tertiary/aromatic N) is 1. The van der Waals surface area contributed by atoms with Crippen molar-refractivity contribution in [1.82, 2.24) is 4.98 Å². The van der Waals surface area contributed by atoms with Crippen LogP contribution in [-0.2, 0) is 6.42 Å². The average Bonchev–Trinajstić information content (AvgIpc) is 2.41. The molecule has 0 bridgehead atoms. The van der Waals surface area contributed by atoms with Gasteiger partial charge in [-0.2, -0.15) is 0 Å². The molecule has 0 N–H and O–H groups in total. The third-order valence-corrected chi connectivity index (χ3v) is 3.31. The Morgan fingerprint density at radius 1 is 1.05 bits per heavy atom. The summed E-state index contributed by atoms with van der Waals surface area (Å²) in [6, 6.07) is 12.6. The predicted molar refractivity (Wildman–Crippen MR) is 78.7 cm³/mol. The van der Waals surface area contributed by atoms with Crippen LogP contribution in [0.4, 0.5) is 0 Å². The summed E-state index contributed by atoms with van der Waals surface area (Å²) in [6.07, 6.45) is 2.06. The van der Waals surface area contributed by atoms with Crippen LogP contribution in [0.15, 0.2) is 36.4 Å². The Morgan fingerprint density at radius 3 is 2.53 bits per heavy atom. The minimum absolute atomic E-state index is 0.714. The molecule has 0 spiro atoms. The van der Waals surface area contributed by atoms with E-state index in [2.05, 4.69) is 49.2 Å². The maximum absolute atomic E-state index is 5.81. The van der Waals surface area contributed by atoms with E-state index >= 15 is 0 Å². The second-order valence-electron chi connectivity index (χ2n) is 4.95. The summed E-state index contributed by atoms with van der Waals surface area (Å²) in [5.41, 5.74) is 4.76. The maximum atomic E-state index is 5.81. The lowest BCUT2D eigenvalue weighted by atomic mass is 10.1. The molecule has 0 amide bonds. The summed E-state index contributed by atoms with van der Waals surface area (Å²) in [7, 11) is 0. The van der Waals surface area contributed by atoms with Crippen molar-refractivity contribution in [3.05, 3.63) is 58.8 Å². The minimum Gasteiger partial charge on any atom is -0.477 e. The summed E-state index contributed by atoms with van der Waals surface area (Å²) in [5.74, 6) is 0.783. The Bertz CT molecular complexity index is 534. The van der Waals surface area contributed by atoms with E-state index < -0.39 is 0 Å². The lowest BCUT2D eigenvalue weighted by Crippen LogP contribution is -2.04. The van der Waals surface area contributed by atoms with Gasteiger partial charge in [0, 0.05) is 11.3 Å². The summed E-state index contributed by atoms with van der Waals surface area (Å²) in [6.45, 7) is 6.88. The van der Waals surface area contributed by atoms with E-state index in [4.69, 9.17) is 4.74 Å². The van der Waals surface area contributed by atoms with E-state index in [9.17, 15) is 0 Å². The van der Waals surface area contributed by atoms with E-state index in [1.54, 1.807) is 0 Å². The Labute approximate surface area is 115 Å².